The van der Waals surface area contributed by atoms with E-state index >= 15 is 0 Å². The van der Waals surface area contributed by atoms with E-state index in [0.29, 0.717) is 11.7 Å². The first-order valence-electron chi connectivity index (χ1n) is 6.19. The molecule has 0 spiro atoms. The number of nitrogens with zero attached hydrogens (tertiary/aromatic N) is 1. The Kier molecular flexibility index (Phi) is 3.85. The molecule has 17 heavy (non-hydrogen) atoms. The third kappa shape index (κ3) is 3.12. The summed E-state index contributed by atoms with van der Waals surface area (Å²) in [6.45, 7) is 3.11. The smallest absolute Gasteiger partial charge is 0.295 e. The zero-order chi connectivity index (χ0) is 12.1. The lowest BCUT2D eigenvalue weighted by atomic mass is 10.2. The fourth-order valence-corrected chi connectivity index (χ4v) is 1.76. The van der Waals surface area contributed by atoms with Gasteiger partial charge in [0.2, 0.25) is 0 Å². The maximum absolute atomic E-state index is 5.68. The molecular weight excluding hydrogens is 214 g/mol. The third-order valence-corrected chi connectivity index (χ3v) is 2.72. The highest BCUT2D eigenvalue weighted by Crippen LogP contribution is 2.20. The van der Waals surface area contributed by atoms with E-state index in [-0.39, 0.29) is 0 Å². The van der Waals surface area contributed by atoms with Crippen LogP contribution in [0.4, 0.5) is 11.7 Å². The van der Waals surface area contributed by atoms with E-state index in [9.17, 15) is 0 Å². The molecule has 2 aromatic rings. The Morgan fingerprint density at radius 1 is 1.29 bits per heavy atom. The lowest BCUT2D eigenvalue weighted by molar-refractivity contribution is 0.606. The summed E-state index contributed by atoms with van der Waals surface area (Å²) in [7, 11) is 0. The Morgan fingerprint density at radius 2 is 2.18 bits per heavy atom. The fraction of sp³-hybridized carbons (Fsp3) is 0.462. The van der Waals surface area contributed by atoms with E-state index in [1.165, 1.54) is 19.3 Å². The number of nitrogens with one attached hydrogen (secondary N) is 1. The second-order valence-corrected chi connectivity index (χ2v) is 4.23. The van der Waals surface area contributed by atoms with Gasteiger partial charge in [0.05, 0.1) is 0 Å². The molecule has 0 aliphatic heterocycles. The molecule has 1 aromatic carbocycles. The average Bonchev–Trinajstić information content (AvgIpc) is 2.70. The molecule has 0 bridgehead atoms. The normalized spacial score (nSPS) is 10.9. The molecule has 2 rings (SSSR count). The Morgan fingerprint density at radius 3 is 3.00 bits per heavy atom. The van der Waals surface area contributed by atoms with E-state index < -0.39 is 0 Å². The number of benzene rings is 1. The topological polar surface area (TPSA) is 64.1 Å². The molecule has 0 saturated heterocycles. The summed E-state index contributed by atoms with van der Waals surface area (Å²) < 4.78 is 5.55. The van der Waals surface area contributed by atoms with Crippen LogP contribution < -0.4 is 11.1 Å². The van der Waals surface area contributed by atoms with Crippen molar-refractivity contribution in [2.45, 2.75) is 32.6 Å². The highest BCUT2D eigenvalue weighted by Gasteiger charge is 2.04. The van der Waals surface area contributed by atoms with E-state index in [1.54, 1.807) is 6.07 Å². The van der Waals surface area contributed by atoms with Gasteiger partial charge in [-0.15, -0.1) is 0 Å². The molecular formula is C13H19N3O. The van der Waals surface area contributed by atoms with Crippen molar-refractivity contribution < 1.29 is 4.42 Å². The fourth-order valence-electron chi connectivity index (χ4n) is 1.76. The van der Waals surface area contributed by atoms with Crippen LogP contribution in [0, 0.1) is 0 Å². The average molecular weight is 233 g/mol. The number of nitrogen functional groups attached to an aromatic ring is 1. The number of unbranched alkanes of at least 4 members (excludes halogenated alkanes) is 3. The van der Waals surface area contributed by atoms with Crippen molar-refractivity contribution in [3.05, 3.63) is 18.2 Å². The van der Waals surface area contributed by atoms with Crippen LogP contribution >= 0.6 is 0 Å². The maximum atomic E-state index is 5.68. The molecule has 1 heterocycles. The minimum absolute atomic E-state index is 0.585. The van der Waals surface area contributed by atoms with Gasteiger partial charge in [-0.1, -0.05) is 26.2 Å². The molecule has 0 unspecified atom stereocenters. The molecule has 0 aliphatic carbocycles. The van der Waals surface area contributed by atoms with Crippen molar-refractivity contribution in [2.75, 3.05) is 17.6 Å². The van der Waals surface area contributed by atoms with Crippen molar-refractivity contribution >= 4 is 22.8 Å². The van der Waals surface area contributed by atoms with Gasteiger partial charge >= 0.3 is 0 Å². The van der Waals surface area contributed by atoms with Crippen molar-refractivity contribution in [1.82, 2.24) is 4.98 Å². The van der Waals surface area contributed by atoms with Gasteiger partial charge in [0.25, 0.3) is 6.01 Å². The quantitative estimate of drug-likeness (QED) is 0.593. The van der Waals surface area contributed by atoms with Crippen LogP contribution in [0.5, 0.6) is 0 Å². The van der Waals surface area contributed by atoms with Crippen molar-refractivity contribution in [3.8, 4) is 0 Å². The number of hydrogen-bond acceptors (Lipinski definition) is 4. The Balaban J connectivity index is 1.91. The van der Waals surface area contributed by atoms with Crippen molar-refractivity contribution in [2.24, 2.45) is 0 Å². The van der Waals surface area contributed by atoms with E-state index in [2.05, 4.69) is 17.2 Å². The number of anilines is 2. The number of oxazole rings is 1. The summed E-state index contributed by atoms with van der Waals surface area (Å²) in [5.74, 6) is 0. The first-order chi connectivity index (χ1) is 8.29. The molecule has 0 amide bonds. The number of rotatable bonds is 6. The van der Waals surface area contributed by atoms with Crippen LogP contribution in [-0.4, -0.2) is 11.5 Å². The van der Waals surface area contributed by atoms with Gasteiger partial charge in [0.1, 0.15) is 5.52 Å². The van der Waals surface area contributed by atoms with Crippen LogP contribution in [0.3, 0.4) is 0 Å². The minimum Gasteiger partial charge on any atom is -0.423 e. The lowest BCUT2D eigenvalue weighted by Gasteiger charge is -2.00. The Hall–Kier alpha value is -1.71. The molecule has 0 fully saturated rings. The van der Waals surface area contributed by atoms with E-state index in [1.807, 2.05) is 12.1 Å². The molecule has 0 saturated carbocycles. The van der Waals surface area contributed by atoms with E-state index in [0.717, 1.165) is 24.1 Å². The predicted octanol–water partition coefficient (Wildman–Crippen LogP) is 3.40. The second kappa shape index (κ2) is 5.57. The SMILES string of the molecule is CCCCCCNc1nc2ccc(N)cc2o1. The molecule has 0 atom stereocenters. The van der Waals surface area contributed by atoms with Crippen molar-refractivity contribution in [1.29, 1.82) is 0 Å². The third-order valence-electron chi connectivity index (χ3n) is 2.72. The van der Waals surface area contributed by atoms with Gasteiger partial charge in [-0.25, -0.2) is 0 Å². The van der Waals surface area contributed by atoms with Crippen LogP contribution in [0.1, 0.15) is 32.6 Å². The molecule has 1 aromatic heterocycles. The van der Waals surface area contributed by atoms with Gasteiger partial charge in [-0.3, -0.25) is 0 Å². The number of hydrogen-bond donors (Lipinski definition) is 2. The highest BCUT2D eigenvalue weighted by molar-refractivity contribution is 5.77. The van der Waals surface area contributed by atoms with Gasteiger partial charge in [-0.2, -0.15) is 4.98 Å². The van der Waals surface area contributed by atoms with Crippen LogP contribution in [0.25, 0.3) is 11.1 Å². The zero-order valence-corrected chi connectivity index (χ0v) is 10.2. The second-order valence-electron chi connectivity index (χ2n) is 4.23. The largest absolute Gasteiger partial charge is 0.423 e. The number of fused-ring (bicyclic) bond motifs is 1. The highest BCUT2D eigenvalue weighted by atomic mass is 16.4. The van der Waals surface area contributed by atoms with Gasteiger partial charge < -0.3 is 15.5 Å². The summed E-state index contributed by atoms with van der Waals surface area (Å²) in [6.07, 6.45) is 4.93. The number of nitrogens with two attached hydrogens (primary N) is 1. The van der Waals surface area contributed by atoms with Gasteiger partial charge in [-0.05, 0) is 18.6 Å². The molecule has 4 nitrogen and oxygen atoms in total. The molecule has 92 valence electrons. The summed E-state index contributed by atoms with van der Waals surface area (Å²) >= 11 is 0. The Bertz CT molecular complexity index is 478. The zero-order valence-electron chi connectivity index (χ0n) is 10.2. The minimum atomic E-state index is 0.585. The summed E-state index contributed by atoms with van der Waals surface area (Å²) in [5.41, 5.74) is 7.96. The molecule has 3 N–H and O–H groups in total. The van der Waals surface area contributed by atoms with Crippen LogP contribution in [0.2, 0.25) is 0 Å². The van der Waals surface area contributed by atoms with Crippen LogP contribution in [0.15, 0.2) is 22.6 Å². The van der Waals surface area contributed by atoms with Crippen LogP contribution in [-0.2, 0) is 0 Å². The maximum Gasteiger partial charge on any atom is 0.295 e. The summed E-state index contributed by atoms with van der Waals surface area (Å²) in [5, 5.41) is 3.19. The monoisotopic (exact) mass is 233 g/mol. The molecule has 0 aliphatic rings. The number of aromatic nitrogens is 1. The van der Waals surface area contributed by atoms with Crippen molar-refractivity contribution in [3.63, 3.8) is 0 Å². The van der Waals surface area contributed by atoms with Gasteiger partial charge in [0, 0.05) is 18.3 Å². The molecule has 4 heteroatoms. The molecule has 0 radical (unpaired) electrons. The first kappa shape index (κ1) is 11.8. The first-order valence-corrected chi connectivity index (χ1v) is 6.19. The predicted molar refractivity (Wildman–Crippen MR) is 71.1 cm³/mol. The Labute approximate surface area is 101 Å². The lowest BCUT2D eigenvalue weighted by Crippen LogP contribution is -2.01. The summed E-state index contributed by atoms with van der Waals surface area (Å²) in [6, 6.07) is 6.08. The van der Waals surface area contributed by atoms with Gasteiger partial charge in [0.15, 0.2) is 5.58 Å². The summed E-state index contributed by atoms with van der Waals surface area (Å²) in [4.78, 5) is 4.34. The van der Waals surface area contributed by atoms with E-state index in [4.69, 9.17) is 10.2 Å². The standard InChI is InChI=1S/C13H19N3O/c1-2-3-4-5-8-15-13-16-11-7-6-10(14)9-12(11)17-13/h6-7,9H,2-5,8,14H2,1H3,(H,15,16).